The Hall–Kier alpha value is -3.70. The predicted molar refractivity (Wildman–Crippen MR) is 129 cm³/mol. The van der Waals surface area contributed by atoms with E-state index < -0.39 is 11.4 Å². The highest BCUT2D eigenvalue weighted by molar-refractivity contribution is 7.71. The van der Waals surface area contributed by atoms with E-state index in [9.17, 15) is 14.3 Å². The van der Waals surface area contributed by atoms with Crippen molar-refractivity contribution < 1.29 is 23.7 Å². The molecule has 0 unspecified atom stereocenters. The molecular weight excluding hydrogens is 475 g/mol. The molecule has 3 aromatic rings. The van der Waals surface area contributed by atoms with Crippen LogP contribution < -0.4 is 19.8 Å². The van der Waals surface area contributed by atoms with Crippen molar-refractivity contribution in [1.82, 2.24) is 14.5 Å². The lowest BCUT2D eigenvalue weighted by Crippen LogP contribution is -2.34. The predicted octanol–water partition coefficient (Wildman–Crippen LogP) is 3.13. The number of fused-ring (bicyclic) bond motifs is 2. The fourth-order valence-corrected chi connectivity index (χ4v) is 4.77. The van der Waals surface area contributed by atoms with Crippen LogP contribution in [0.5, 0.6) is 23.1 Å². The van der Waals surface area contributed by atoms with Crippen LogP contribution in [0.2, 0.25) is 0 Å². The average molecular weight is 499 g/mol. The summed E-state index contributed by atoms with van der Waals surface area (Å²) >= 11 is 5.21. The minimum atomic E-state index is -0.576. The van der Waals surface area contributed by atoms with Gasteiger partial charge in [0, 0.05) is 18.3 Å². The highest BCUT2D eigenvalue weighted by Gasteiger charge is 2.33. The van der Waals surface area contributed by atoms with Crippen LogP contribution >= 0.6 is 12.2 Å². The van der Waals surface area contributed by atoms with Crippen molar-refractivity contribution in [1.29, 1.82) is 0 Å². The summed E-state index contributed by atoms with van der Waals surface area (Å²) in [6.07, 6.45) is 2.14. The smallest absolute Gasteiger partial charge is 0.264 e. The lowest BCUT2D eigenvalue weighted by Gasteiger charge is -2.35. The first-order valence-electron chi connectivity index (χ1n) is 10.9. The zero-order chi connectivity index (χ0) is 24.7. The molecule has 0 saturated carbocycles. The van der Waals surface area contributed by atoms with Crippen molar-refractivity contribution in [2.75, 3.05) is 34.0 Å². The van der Waals surface area contributed by atoms with E-state index in [0.29, 0.717) is 29.5 Å². The van der Waals surface area contributed by atoms with E-state index in [0.717, 1.165) is 24.1 Å². The number of aliphatic imine (C=N–C) groups is 1. The van der Waals surface area contributed by atoms with Crippen molar-refractivity contribution in [2.45, 2.75) is 12.5 Å². The number of rotatable bonds is 5. The lowest BCUT2D eigenvalue weighted by atomic mass is 9.91. The maximum absolute atomic E-state index is 13.4. The van der Waals surface area contributed by atoms with Gasteiger partial charge in [-0.2, -0.15) is 0 Å². The topological polar surface area (TPSA) is 101 Å². The third-order valence-electron chi connectivity index (χ3n) is 6.25. The number of aromatic hydroxyl groups is 1. The van der Waals surface area contributed by atoms with Gasteiger partial charge in [-0.05, 0) is 61.6 Å². The lowest BCUT2D eigenvalue weighted by molar-refractivity contribution is 0.170. The highest BCUT2D eigenvalue weighted by Crippen LogP contribution is 2.49. The van der Waals surface area contributed by atoms with E-state index in [4.69, 9.17) is 26.4 Å². The Morgan fingerprint density at radius 1 is 1.34 bits per heavy atom. The molecule has 0 amide bonds. The third kappa shape index (κ3) is 4.06. The average Bonchev–Trinajstić information content (AvgIpc) is 3.30. The molecule has 182 valence electrons. The third-order valence-corrected chi connectivity index (χ3v) is 6.54. The van der Waals surface area contributed by atoms with Crippen molar-refractivity contribution >= 4 is 18.4 Å². The standard InChI is InChI=1S/C24H23FN4O5S/c1-28-8-7-13-9-18-20(34-12-33-18)21(32-2)19(13)17(28)11-26-10-16-22(30)27-24(35)29(23(16)31)15-5-3-14(25)4-6-15/h3-6,9-10,17,31H,7-8,11-12H2,1-2H3,(H,27,30,35)/t17-/m0/s1. The molecule has 0 aliphatic carbocycles. The normalized spacial score (nSPS) is 17.1. The molecule has 11 heteroatoms. The van der Waals surface area contributed by atoms with Gasteiger partial charge in [0.05, 0.1) is 25.4 Å². The Labute approximate surface area is 205 Å². The van der Waals surface area contributed by atoms with Crippen LogP contribution in [-0.2, 0) is 6.42 Å². The van der Waals surface area contributed by atoms with E-state index in [1.165, 1.54) is 35.0 Å². The van der Waals surface area contributed by atoms with Gasteiger partial charge in [0.25, 0.3) is 5.56 Å². The molecule has 35 heavy (non-hydrogen) atoms. The van der Waals surface area contributed by atoms with Gasteiger partial charge in [-0.25, -0.2) is 4.39 Å². The molecule has 5 rings (SSSR count). The van der Waals surface area contributed by atoms with Crippen molar-refractivity contribution in [3.05, 3.63) is 68.0 Å². The quantitative estimate of drug-likeness (QED) is 0.412. The largest absolute Gasteiger partial charge is 0.494 e. The number of aromatic nitrogens is 2. The van der Waals surface area contributed by atoms with Crippen LogP contribution in [0.1, 0.15) is 22.7 Å². The molecule has 1 aromatic heterocycles. The summed E-state index contributed by atoms with van der Waals surface area (Å²) in [6, 6.07) is 7.22. The monoisotopic (exact) mass is 498 g/mol. The number of hydrogen-bond donors (Lipinski definition) is 2. The highest BCUT2D eigenvalue weighted by atomic mass is 32.1. The zero-order valence-corrected chi connectivity index (χ0v) is 19.9. The Morgan fingerprint density at radius 3 is 2.86 bits per heavy atom. The Morgan fingerprint density at radius 2 is 2.11 bits per heavy atom. The molecule has 3 heterocycles. The summed E-state index contributed by atoms with van der Waals surface area (Å²) in [5.41, 5.74) is 1.83. The van der Waals surface area contributed by atoms with Crippen LogP contribution in [0.25, 0.3) is 5.69 Å². The van der Waals surface area contributed by atoms with Crippen LogP contribution in [0.4, 0.5) is 4.39 Å². The summed E-state index contributed by atoms with van der Waals surface area (Å²) in [7, 11) is 3.58. The summed E-state index contributed by atoms with van der Waals surface area (Å²) in [5, 5.41) is 10.8. The van der Waals surface area contributed by atoms with Crippen LogP contribution in [-0.4, -0.2) is 59.8 Å². The van der Waals surface area contributed by atoms with E-state index in [-0.39, 0.29) is 29.0 Å². The second kappa shape index (κ2) is 9.16. The number of benzene rings is 2. The molecule has 0 fully saturated rings. The van der Waals surface area contributed by atoms with E-state index in [1.807, 2.05) is 13.1 Å². The summed E-state index contributed by atoms with van der Waals surface area (Å²) in [4.78, 5) is 21.8. The minimum absolute atomic E-state index is 0.0157. The molecule has 0 radical (unpaired) electrons. The molecule has 0 saturated heterocycles. The Kier molecular flexibility index (Phi) is 6.03. The molecule has 9 nitrogen and oxygen atoms in total. The summed E-state index contributed by atoms with van der Waals surface area (Å²) < 4.78 is 31.5. The number of halogens is 1. The number of aromatic amines is 1. The first-order valence-corrected chi connectivity index (χ1v) is 11.3. The second-order valence-corrected chi connectivity index (χ2v) is 8.65. The number of nitrogens with one attached hydrogen (secondary N) is 1. The van der Waals surface area contributed by atoms with Gasteiger partial charge in [-0.15, -0.1) is 0 Å². The van der Waals surface area contributed by atoms with Gasteiger partial charge in [0.15, 0.2) is 16.3 Å². The number of methoxy groups -OCH3 is 1. The molecule has 2 aromatic carbocycles. The van der Waals surface area contributed by atoms with Gasteiger partial charge in [-0.1, -0.05) is 0 Å². The molecule has 1 atom stereocenters. The van der Waals surface area contributed by atoms with E-state index in [1.54, 1.807) is 7.11 Å². The Bertz CT molecular complexity index is 1430. The molecule has 2 aliphatic rings. The van der Waals surface area contributed by atoms with Crippen LogP contribution in [0, 0.1) is 10.6 Å². The molecule has 2 aliphatic heterocycles. The fourth-order valence-electron chi connectivity index (χ4n) is 4.48. The number of ether oxygens (including phenoxy) is 3. The van der Waals surface area contributed by atoms with Crippen molar-refractivity contribution in [3.63, 3.8) is 0 Å². The summed E-state index contributed by atoms with van der Waals surface area (Å²) in [5.74, 6) is 1.05. The number of likely N-dealkylation sites (N-methyl/N-ethyl adjacent to an activating group) is 1. The molecule has 2 N–H and O–H groups in total. The molecule has 0 spiro atoms. The minimum Gasteiger partial charge on any atom is -0.494 e. The summed E-state index contributed by atoms with van der Waals surface area (Å²) in [6.45, 7) is 1.24. The van der Waals surface area contributed by atoms with Gasteiger partial charge in [-0.3, -0.25) is 24.2 Å². The van der Waals surface area contributed by atoms with Gasteiger partial charge >= 0.3 is 0 Å². The first-order chi connectivity index (χ1) is 16.9. The van der Waals surface area contributed by atoms with Crippen LogP contribution in [0.15, 0.2) is 40.1 Å². The number of hydrogen-bond acceptors (Lipinski definition) is 8. The zero-order valence-electron chi connectivity index (χ0n) is 19.1. The van der Waals surface area contributed by atoms with E-state index in [2.05, 4.69) is 14.9 Å². The van der Waals surface area contributed by atoms with Gasteiger partial charge in [0.1, 0.15) is 11.4 Å². The van der Waals surface area contributed by atoms with Gasteiger partial charge < -0.3 is 19.3 Å². The van der Waals surface area contributed by atoms with E-state index >= 15 is 0 Å². The van der Waals surface area contributed by atoms with Crippen molar-refractivity contribution in [2.24, 2.45) is 4.99 Å². The second-order valence-electron chi connectivity index (χ2n) is 8.27. The molecule has 0 bridgehead atoms. The van der Waals surface area contributed by atoms with Crippen molar-refractivity contribution in [3.8, 4) is 28.8 Å². The van der Waals surface area contributed by atoms with Gasteiger partial charge in [0.2, 0.25) is 18.4 Å². The maximum atomic E-state index is 13.4. The maximum Gasteiger partial charge on any atom is 0.264 e. The first kappa shape index (κ1) is 23.1. The SMILES string of the molecule is COc1c2c(cc3c1[C@H](CN=Cc1c(O)n(-c4ccc(F)cc4)c(=S)[nH]c1=O)N(C)CC3)OCO2. The number of H-pyrrole nitrogens is 1. The fraction of sp³-hybridized carbons (Fsp3) is 0.292. The number of nitrogens with zero attached hydrogens (tertiary/aromatic N) is 3. The molecular formula is C24H23FN4O5S. The Balaban J connectivity index is 1.50. The van der Waals surface area contributed by atoms with Crippen LogP contribution in [0.3, 0.4) is 0 Å².